The molecule has 0 bridgehead atoms. The molecule has 1 saturated carbocycles. The minimum atomic E-state index is -3.61. The van der Waals surface area contributed by atoms with Gasteiger partial charge in [-0.1, -0.05) is 24.6 Å². The summed E-state index contributed by atoms with van der Waals surface area (Å²) in [6.07, 6.45) is 5.48. The van der Waals surface area contributed by atoms with Gasteiger partial charge in [-0.2, -0.15) is 8.42 Å². The van der Waals surface area contributed by atoms with E-state index in [4.69, 9.17) is 4.18 Å². The zero-order valence-electron chi connectivity index (χ0n) is 11.5. The van der Waals surface area contributed by atoms with Crippen LogP contribution >= 0.6 is 0 Å². The highest BCUT2D eigenvalue weighted by Crippen LogP contribution is 2.38. The monoisotopic (exact) mass is 281 g/mol. The third kappa shape index (κ3) is 4.32. The van der Waals surface area contributed by atoms with E-state index < -0.39 is 10.1 Å². The Kier molecular flexibility index (Phi) is 4.63. The Morgan fingerprint density at radius 3 is 2.53 bits per heavy atom. The summed E-state index contributed by atoms with van der Waals surface area (Å²) in [6, 6.07) is 6.71. The Labute approximate surface area is 116 Å². The second-order valence-corrected chi connectivity index (χ2v) is 7.01. The molecule has 105 valence electrons. The predicted molar refractivity (Wildman–Crippen MR) is 75.1 cm³/mol. The van der Waals surface area contributed by atoms with E-state index in [1.54, 1.807) is 24.3 Å². The number of rotatable bonds is 7. The van der Waals surface area contributed by atoms with Gasteiger partial charge in [0.25, 0.3) is 10.1 Å². The first-order valence-corrected chi connectivity index (χ1v) is 8.17. The maximum absolute atomic E-state index is 11.9. The van der Waals surface area contributed by atoms with Crippen molar-refractivity contribution >= 4 is 10.1 Å². The highest BCUT2D eigenvalue weighted by molar-refractivity contribution is 7.86. The lowest BCUT2D eigenvalue weighted by Crippen LogP contribution is -2.09. The molecule has 1 aromatic rings. The van der Waals surface area contributed by atoms with Crippen molar-refractivity contribution in [3.05, 3.63) is 36.2 Å². The van der Waals surface area contributed by atoms with Crippen LogP contribution in [-0.2, 0) is 14.3 Å². The lowest BCUT2D eigenvalue weighted by atomic mass is 10.0. The van der Waals surface area contributed by atoms with Crippen molar-refractivity contribution in [1.82, 2.24) is 0 Å². The van der Waals surface area contributed by atoms with Crippen LogP contribution in [0.25, 0.3) is 0 Å². The van der Waals surface area contributed by atoms with E-state index in [1.165, 1.54) is 12.8 Å². The first kappa shape index (κ1) is 14.5. The summed E-state index contributed by atoms with van der Waals surface area (Å²) in [6.45, 7) is 4.29. The van der Waals surface area contributed by atoms with Gasteiger partial charge in [0.2, 0.25) is 0 Å². The topological polar surface area (TPSA) is 43.4 Å². The molecule has 1 aliphatic carbocycles. The van der Waals surface area contributed by atoms with Crippen LogP contribution in [0.3, 0.4) is 0 Å². The molecule has 3 nitrogen and oxygen atoms in total. The van der Waals surface area contributed by atoms with Gasteiger partial charge in [-0.25, -0.2) is 0 Å². The van der Waals surface area contributed by atoms with Gasteiger partial charge in [-0.05, 0) is 56.6 Å². The quantitative estimate of drug-likeness (QED) is 0.568. The molecule has 0 spiro atoms. The van der Waals surface area contributed by atoms with Gasteiger partial charge in [0.15, 0.2) is 0 Å². The van der Waals surface area contributed by atoms with Crippen molar-refractivity contribution in [2.75, 3.05) is 6.61 Å². The summed E-state index contributed by atoms with van der Waals surface area (Å²) < 4.78 is 28.8. The number of benzene rings is 1. The second kappa shape index (κ2) is 6.06. The third-order valence-corrected chi connectivity index (χ3v) is 4.91. The zero-order chi connectivity index (χ0) is 13.9. The minimum Gasteiger partial charge on any atom is -0.266 e. The largest absolute Gasteiger partial charge is 0.296 e. The molecule has 19 heavy (non-hydrogen) atoms. The Hall–Kier alpha value is -0.870. The normalized spacial score (nSPS) is 17.4. The van der Waals surface area contributed by atoms with Crippen molar-refractivity contribution in [2.45, 2.75) is 38.0 Å². The highest BCUT2D eigenvalue weighted by Gasteiger charge is 2.27. The standard InChI is InChI=1S/C15H21O3S/c1-12-5-9-15(10-6-12)19(16,17)18-11-3-4-13(2)14-7-8-14/h3,5-6,9-10,13-14H,4,7-8,11H2,1-2H3. The van der Waals surface area contributed by atoms with E-state index in [0.29, 0.717) is 5.92 Å². The third-order valence-electron chi connectivity index (χ3n) is 3.62. The van der Waals surface area contributed by atoms with E-state index in [0.717, 1.165) is 17.9 Å². The molecule has 1 atom stereocenters. The maximum atomic E-state index is 11.9. The summed E-state index contributed by atoms with van der Waals surface area (Å²) in [5, 5.41) is 0. The average Bonchev–Trinajstić information content (AvgIpc) is 3.19. The van der Waals surface area contributed by atoms with E-state index in [9.17, 15) is 8.42 Å². The molecule has 0 aromatic heterocycles. The Bertz CT molecular complexity index is 501. The molecular weight excluding hydrogens is 260 g/mol. The number of hydrogen-bond donors (Lipinski definition) is 0. The van der Waals surface area contributed by atoms with Crippen LogP contribution in [0.2, 0.25) is 0 Å². The molecule has 1 fully saturated rings. The fourth-order valence-corrected chi connectivity index (χ4v) is 2.98. The molecule has 0 heterocycles. The van der Waals surface area contributed by atoms with Crippen LogP contribution in [0, 0.1) is 25.2 Å². The Balaban J connectivity index is 1.78. The van der Waals surface area contributed by atoms with Gasteiger partial charge < -0.3 is 0 Å². The van der Waals surface area contributed by atoms with Crippen molar-refractivity contribution in [3.63, 3.8) is 0 Å². The van der Waals surface area contributed by atoms with Crippen LogP contribution < -0.4 is 0 Å². The number of aryl methyl sites for hydroxylation is 1. The van der Waals surface area contributed by atoms with Gasteiger partial charge in [-0.3, -0.25) is 4.18 Å². The van der Waals surface area contributed by atoms with Crippen molar-refractivity contribution in [3.8, 4) is 0 Å². The average molecular weight is 281 g/mol. The summed E-state index contributed by atoms with van der Waals surface area (Å²) in [5.41, 5.74) is 1.03. The first-order chi connectivity index (χ1) is 8.99. The lowest BCUT2D eigenvalue weighted by Gasteiger charge is -2.09. The van der Waals surface area contributed by atoms with E-state index in [-0.39, 0.29) is 11.5 Å². The van der Waals surface area contributed by atoms with Gasteiger partial charge in [0.05, 0.1) is 11.5 Å². The van der Waals surface area contributed by atoms with Crippen LogP contribution in [-0.4, -0.2) is 15.0 Å². The van der Waals surface area contributed by atoms with Crippen molar-refractivity contribution < 1.29 is 12.6 Å². The van der Waals surface area contributed by atoms with E-state index >= 15 is 0 Å². The SMILES string of the molecule is Cc1ccc(S(=O)(=O)OC[CH]CC(C)C2CC2)cc1. The summed E-state index contributed by atoms with van der Waals surface area (Å²) in [7, 11) is -3.61. The molecule has 1 unspecified atom stereocenters. The Morgan fingerprint density at radius 1 is 1.32 bits per heavy atom. The molecule has 1 aromatic carbocycles. The smallest absolute Gasteiger partial charge is 0.266 e. The molecule has 0 aliphatic heterocycles. The van der Waals surface area contributed by atoms with Gasteiger partial charge >= 0.3 is 0 Å². The first-order valence-electron chi connectivity index (χ1n) is 6.77. The summed E-state index contributed by atoms with van der Waals surface area (Å²) >= 11 is 0. The van der Waals surface area contributed by atoms with Crippen LogP contribution in [0.1, 0.15) is 31.7 Å². The minimum absolute atomic E-state index is 0.160. The van der Waals surface area contributed by atoms with Crippen molar-refractivity contribution in [1.29, 1.82) is 0 Å². The molecule has 1 aliphatic rings. The van der Waals surface area contributed by atoms with Gasteiger partial charge in [0.1, 0.15) is 0 Å². The van der Waals surface area contributed by atoms with Crippen LogP contribution in [0.4, 0.5) is 0 Å². The molecule has 0 N–H and O–H groups in total. The molecule has 2 rings (SSSR count). The molecule has 4 heteroatoms. The number of hydrogen-bond acceptors (Lipinski definition) is 3. The van der Waals surface area contributed by atoms with E-state index in [2.05, 4.69) is 6.92 Å². The molecule has 1 radical (unpaired) electrons. The molecule has 0 saturated heterocycles. The molecule has 0 amide bonds. The predicted octanol–water partition coefficient (Wildman–Crippen LogP) is 3.34. The zero-order valence-corrected chi connectivity index (χ0v) is 12.3. The maximum Gasteiger partial charge on any atom is 0.296 e. The summed E-state index contributed by atoms with van der Waals surface area (Å²) in [5.74, 6) is 1.48. The molecular formula is C15H21O3S. The van der Waals surface area contributed by atoms with Gasteiger partial charge in [-0.15, -0.1) is 0 Å². The Morgan fingerprint density at radius 2 is 1.95 bits per heavy atom. The fraction of sp³-hybridized carbons (Fsp3) is 0.533. The highest BCUT2D eigenvalue weighted by atomic mass is 32.2. The van der Waals surface area contributed by atoms with Crippen LogP contribution in [0.5, 0.6) is 0 Å². The lowest BCUT2D eigenvalue weighted by molar-refractivity contribution is 0.332. The van der Waals surface area contributed by atoms with E-state index in [1.807, 2.05) is 13.3 Å². The van der Waals surface area contributed by atoms with Crippen LogP contribution in [0.15, 0.2) is 29.2 Å². The summed E-state index contributed by atoms with van der Waals surface area (Å²) in [4.78, 5) is 0.224. The van der Waals surface area contributed by atoms with Gasteiger partial charge in [0, 0.05) is 0 Å². The van der Waals surface area contributed by atoms with Crippen molar-refractivity contribution in [2.24, 2.45) is 11.8 Å². The fourth-order valence-electron chi connectivity index (χ4n) is 2.10. The second-order valence-electron chi connectivity index (χ2n) is 5.39.